The number of hydrogen-bond donors (Lipinski definition) is 0. The molecule has 1 aromatic carbocycles. The second kappa shape index (κ2) is 6.84. The zero-order valence-electron chi connectivity index (χ0n) is 11.1. The molecule has 0 atom stereocenters. The molecule has 2 rings (SSSR count). The number of sulfonamides is 1. The first-order valence-corrected chi connectivity index (χ1v) is 8.59. The van der Waals surface area contributed by atoms with Crippen molar-refractivity contribution in [1.82, 2.24) is 4.31 Å². The number of hydrogen-bond acceptors (Lipinski definition) is 5. The highest BCUT2D eigenvalue weighted by molar-refractivity contribution is 7.91. The van der Waals surface area contributed by atoms with E-state index in [-0.39, 0.29) is 23.7 Å². The molecule has 0 fully saturated rings. The van der Waals surface area contributed by atoms with Crippen molar-refractivity contribution in [3.63, 3.8) is 0 Å². The topological polar surface area (TPSA) is 77.5 Å². The molecule has 0 bridgehead atoms. The van der Waals surface area contributed by atoms with E-state index in [1.807, 2.05) is 18.2 Å². The van der Waals surface area contributed by atoms with Crippen LogP contribution < -0.4 is 5.11 Å². The summed E-state index contributed by atoms with van der Waals surface area (Å²) in [5.41, 5.74) is 0.802. The van der Waals surface area contributed by atoms with Gasteiger partial charge in [-0.05, 0) is 17.0 Å². The lowest BCUT2D eigenvalue weighted by molar-refractivity contribution is -0.305. The molecule has 2 aromatic rings. The predicted molar refractivity (Wildman–Crippen MR) is 78.0 cm³/mol. The third-order valence-electron chi connectivity index (χ3n) is 2.86. The maximum atomic E-state index is 12.5. The average Bonchev–Trinajstić information content (AvgIpc) is 2.99. The number of nitrogens with zero attached hydrogens (tertiary/aromatic N) is 1. The van der Waals surface area contributed by atoms with Crippen molar-refractivity contribution in [3.05, 3.63) is 53.4 Å². The summed E-state index contributed by atoms with van der Waals surface area (Å²) in [6.45, 7) is 0.0197. The SMILES string of the molecule is O=C([O-])CCN(Cc1ccccc1)S(=O)(=O)c1cccs1. The fourth-order valence-corrected chi connectivity index (χ4v) is 4.40. The van der Waals surface area contributed by atoms with Crippen LogP contribution in [0.3, 0.4) is 0 Å². The minimum absolute atomic E-state index is 0.114. The summed E-state index contributed by atoms with van der Waals surface area (Å²) in [6.07, 6.45) is -0.336. The number of carboxylic acid groups (broad SMARTS) is 1. The summed E-state index contributed by atoms with van der Waals surface area (Å²) in [5.74, 6) is -1.27. The third-order valence-corrected chi connectivity index (χ3v) is 6.07. The van der Waals surface area contributed by atoms with E-state index in [2.05, 4.69) is 0 Å². The molecule has 112 valence electrons. The molecule has 0 radical (unpaired) electrons. The lowest BCUT2D eigenvalue weighted by atomic mass is 10.2. The fourth-order valence-electron chi connectivity index (χ4n) is 1.82. The lowest BCUT2D eigenvalue weighted by Gasteiger charge is -2.21. The first kappa shape index (κ1) is 15.7. The highest BCUT2D eigenvalue weighted by atomic mass is 32.2. The summed E-state index contributed by atoms with van der Waals surface area (Å²) < 4.78 is 26.4. The Morgan fingerprint density at radius 3 is 2.43 bits per heavy atom. The molecule has 0 saturated heterocycles. The number of aliphatic carboxylic acids is 1. The van der Waals surface area contributed by atoms with Crippen molar-refractivity contribution in [2.24, 2.45) is 0 Å². The molecule has 0 amide bonds. The first-order chi connectivity index (χ1) is 10.00. The van der Waals surface area contributed by atoms with Gasteiger partial charge in [0, 0.05) is 25.5 Å². The molecule has 7 heteroatoms. The molecule has 0 aliphatic heterocycles. The van der Waals surface area contributed by atoms with E-state index in [4.69, 9.17) is 0 Å². The standard InChI is InChI=1S/C14H15NO4S2/c16-13(17)8-9-15(11-12-5-2-1-3-6-12)21(18,19)14-7-4-10-20-14/h1-7,10H,8-9,11H2,(H,16,17)/p-1. The monoisotopic (exact) mass is 324 g/mol. The van der Waals surface area contributed by atoms with E-state index in [0.29, 0.717) is 0 Å². The lowest BCUT2D eigenvalue weighted by Crippen LogP contribution is -2.35. The zero-order valence-corrected chi connectivity index (χ0v) is 12.8. The quantitative estimate of drug-likeness (QED) is 0.763. The Balaban J connectivity index is 2.25. The molecule has 5 nitrogen and oxygen atoms in total. The maximum absolute atomic E-state index is 12.5. The van der Waals surface area contributed by atoms with Crippen LogP contribution in [0.5, 0.6) is 0 Å². The summed E-state index contributed by atoms with van der Waals surface area (Å²) in [4.78, 5) is 10.6. The number of rotatable bonds is 7. The van der Waals surface area contributed by atoms with Gasteiger partial charge < -0.3 is 9.90 Å². The Hall–Kier alpha value is -1.70. The van der Waals surface area contributed by atoms with Crippen LogP contribution in [0.4, 0.5) is 0 Å². The molecule has 0 spiro atoms. The van der Waals surface area contributed by atoms with Crippen LogP contribution in [-0.4, -0.2) is 25.2 Å². The van der Waals surface area contributed by atoms with E-state index in [1.165, 1.54) is 10.4 Å². The normalized spacial score (nSPS) is 11.7. The Morgan fingerprint density at radius 2 is 1.86 bits per heavy atom. The molecule has 0 aliphatic carbocycles. The van der Waals surface area contributed by atoms with Crippen LogP contribution in [0.25, 0.3) is 0 Å². The molecule has 0 saturated carbocycles. The minimum Gasteiger partial charge on any atom is -0.550 e. The van der Waals surface area contributed by atoms with Gasteiger partial charge in [0.05, 0.1) is 0 Å². The number of carbonyl (C=O) groups is 1. The number of benzene rings is 1. The van der Waals surface area contributed by atoms with Crippen LogP contribution in [0, 0.1) is 0 Å². The smallest absolute Gasteiger partial charge is 0.252 e. The molecule has 0 N–H and O–H groups in total. The Kier molecular flexibility index (Phi) is 5.11. The van der Waals surface area contributed by atoms with Crippen molar-refractivity contribution in [2.45, 2.75) is 17.2 Å². The predicted octanol–water partition coefficient (Wildman–Crippen LogP) is 1.08. The van der Waals surface area contributed by atoms with Crippen molar-refractivity contribution in [1.29, 1.82) is 0 Å². The molecule has 0 unspecified atom stereocenters. The Labute approximate surface area is 127 Å². The molecule has 0 aliphatic rings. The van der Waals surface area contributed by atoms with Crippen molar-refractivity contribution < 1.29 is 18.3 Å². The maximum Gasteiger partial charge on any atom is 0.252 e. The van der Waals surface area contributed by atoms with Gasteiger partial charge in [-0.25, -0.2) is 8.42 Å². The molecular formula is C14H14NO4S2-. The van der Waals surface area contributed by atoms with Crippen LogP contribution in [0.15, 0.2) is 52.1 Å². The highest BCUT2D eigenvalue weighted by Crippen LogP contribution is 2.22. The fraction of sp³-hybridized carbons (Fsp3) is 0.214. The van der Waals surface area contributed by atoms with E-state index in [1.54, 1.807) is 23.6 Å². The van der Waals surface area contributed by atoms with E-state index in [9.17, 15) is 18.3 Å². The van der Waals surface area contributed by atoms with Gasteiger partial charge in [-0.1, -0.05) is 36.4 Å². The largest absolute Gasteiger partial charge is 0.550 e. The number of carboxylic acids is 1. The molecule has 1 aromatic heterocycles. The molecular weight excluding hydrogens is 310 g/mol. The second-order valence-corrected chi connectivity index (χ2v) is 7.49. The van der Waals surface area contributed by atoms with Crippen molar-refractivity contribution in [3.8, 4) is 0 Å². The summed E-state index contributed by atoms with van der Waals surface area (Å²) >= 11 is 1.11. The average molecular weight is 324 g/mol. The van der Waals surface area contributed by atoms with Crippen LogP contribution in [-0.2, 0) is 21.4 Å². The summed E-state index contributed by atoms with van der Waals surface area (Å²) in [5, 5.41) is 12.3. The van der Waals surface area contributed by atoms with E-state index in [0.717, 1.165) is 16.9 Å². The van der Waals surface area contributed by atoms with Crippen molar-refractivity contribution >= 4 is 27.3 Å². The van der Waals surface area contributed by atoms with Gasteiger partial charge in [0.25, 0.3) is 10.0 Å². The summed E-state index contributed by atoms with van der Waals surface area (Å²) in [6, 6.07) is 12.2. The number of carbonyl (C=O) groups excluding carboxylic acids is 1. The van der Waals surface area contributed by atoms with Gasteiger partial charge in [0.1, 0.15) is 4.21 Å². The van der Waals surface area contributed by atoms with Gasteiger partial charge >= 0.3 is 0 Å². The highest BCUT2D eigenvalue weighted by Gasteiger charge is 2.25. The van der Waals surface area contributed by atoms with Gasteiger partial charge in [0.2, 0.25) is 0 Å². The van der Waals surface area contributed by atoms with E-state index >= 15 is 0 Å². The van der Waals surface area contributed by atoms with Crippen LogP contribution in [0.1, 0.15) is 12.0 Å². The Bertz CT molecular complexity index is 681. The molecule has 21 heavy (non-hydrogen) atoms. The third kappa shape index (κ3) is 4.13. The Morgan fingerprint density at radius 1 is 1.14 bits per heavy atom. The van der Waals surface area contributed by atoms with Gasteiger partial charge in [-0.15, -0.1) is 11.3 Å². The van der Waals surface area contributed by atoms with Gasteiger partial charge in [0.15, 0.2) is 0 Å². The second-order valence-electron chi connectivity index (χ2n) is 4.38. The van der Waals surface area contributed by atoms with Crippen LogP contribution in [0.2, 0.25) is 0 Å². The number of thiophene rings is 1. The molecule has 1 heterocycles. The van der Waals surface area contributed by atoms with Gasteiger partial charge in [-0.3, -0.25) is 0 Å². The summed E-state index contributed by atoms with van der Waals surface area (Å²) in [7, 11) is -3.69. The minimum atomic E-state index is -3.69. The van der Waals surface area contributed by atoms with E-state index < -0.39 is 16.0 Å². The zero-order chi connectivity index (χ0) is 15.3. The van der Waals surface area contributed by atoms with Gasteiger partial charge in [-0.2, -0.15) is 4.31 Å². The van der Waals surface area contributed by atoms with Crippen molar-refractivity contribution in [2.75, 3.05) is 6.54 Å². The van der Waals surface area contributed by atoms with Crippen LogP contribution >= 0.6 is 11.3 Å². The first-order valence-electron chi connectivity index (χ1n) is 6.27.